The lowest BCUT2D eigenvalue weighted by atomic mass is 9.87. The molecule has 28 heavy (non-hydrogen) atoms. The van der Waals surface area contributed by atoms with Crippen molar-refractivity contribution in [1.82, 2.24) is 20.2 Å². The van der Waals surface area contributed by atoms with Crippen LogP contribution in [0.25, 0.3) is 11.4 Å². The highest BCUT2D eigenvalue weighted by Crippen LogP contribution is 2.26. The van der Waals surface area contributed by atoms with Crippen LogP contribution in [0.3, 0.4) is 0 Å². The number of nitrogen functional groups attached to an aromatic ring is 1. The maximum atomic E-state index is 12.0. The van der Waals surface area contributed by atoms with Crippen molar-refractivity contribution in [2.75, 3.05) is 18.1 Å². The van der Waals surface area contributed by atoms with Crippen LogP contribution >= 0.6 is 23.1 Å². The summed E-state index contributed by atoms with van der Waals surface area (Å²) in [6.07, 6.45) is 0.843. The van der Waals surface area contributed by atoms with Crippen molar-refractivity contribution >= 4 is 29.0 Å². The number of hydrogen-bond donors (Lipinski definition) is 2. The molecule has 0 spiro atoms. The minimum atomic E-state index is -0.0411. The van der Waals surface area contributed by atoms with Crippen LogP contribution in [0.2, 0.25) is 0 Å². The zero-order chi connectivity index (χ0) is 20.1. The number of carbonyl (C=O) groups is 1. The van der Waals surface area contributed by atoms with Crippen LogP contribution in [-0.2, 0) is 16.6 Å². The molecule has 0 bridgehead atoms. The number of thioether (sulfide) groups is 1. The highest BCUT2D eigenvalue weighted by molar-refractivity contribution is 7.99. The van der Waals surface area contributed by atoms with Gasteiger partial charge in [-0.25, -0.2) is 4.68 Å². The Morgan fingerprint density at radius 3 is 2.61 bits per heavy atom. The molecule has 6 nitrogen and oxygen atoms in total. The van der Waals surface area contributed by atoms with Crippen molar-refractivity contribution in [3.63, 3.8) is 0 Å². The predicted octanol–water partition coefficient (Wildman–Crippen LogP) is 3.47. The Labute approximate surface area is 173 Å². The summed E-state index contributed by atoms with van der Waals surface area (Å²) in [7, 11) is 0. The van der Waals surface area contributed by atoms with E-state index in [4.69, 9.17) is 5.84 Å². The van der Waals surface area contributed by atoms with Gasteiger partial charge in [-0.3, -0.25) is 4.79 Å². The number of thiophene rings is 1. The highest BCUT2D eigenvalue weighted by Gasteiger charge is 2.16. The summed E-state index contributed by atoms with van der Waals surface area (Å²) in [5.41, 5.74) is 2.23. The van der Waals surface area contributed by atoms with Crippen LogP contribution < -0.4 is 11.2 Å². The lowest BCUT2D eigenvalue weighted by Crippen LogP contribution is -2.27. The van der Waals surface area contributed by atoms with Gasteiger partial charge in [-0.15, -0.1) is 21.5 Å². The Morgan fingerprint density at radius 1 is 1.21 bits per heavy atom. The van der Waals surface area contributed by atoms with Crippen molar-refractivity contribution in [3.05, 3.63) is 52.2 Å². The Morgan fingerprint density at radius 2 is 1.96 bits per heavy atom. The van der Waals surface area contributed by atoms with Crippen molar-refractivity contribution in [3.8, 4) is 11.4 Å². The van der Waals surface area contributed by atoms with Gasteiger partial charge in [0, 0.05) is 17.0 Å². The lowest BCUT2D eigenvalue weighted by molar-refractivity contribution is -0.118. The average Bonchev–Trinajstić information content (AvgIpc) is 3.29. The molecule has 0 saturated carbocycles. The van der Waals surface area contributed by atoms with Crippen molar-refractivity contribution < 1.29 is 4.79 Å². The Bertz CT molecular complexity index is 911. The second-order valence-electron chi connectivity index (χ2n) is 7.47. The van der Waals surface area contributed by atoms with Gasteiger partial charge in [-0.05, 0) is 28.8 Å². The summed E-state index contributed by atoms with van der Waals surface area (Å²) in [4.78, 5) is 13.3. The predicted molar refractivity (Wildman–Crippen MR) is 116 cm³/mol. The summed E-state index contributed by atoms with van der Waals surface area (Å²) in [5.74, 6) is 6.95. The van der Waals surface area contributed by atoms with Gasteiger partial charge in [0.2, 0.25) is 11.1 Å². The smallest absolute Gasteiger partial charge is 0.230 e. The topological polar surface area (TPSA) is 85.8 Å². The monoisotopic (exact) mass is 415 g/mol. The molecule has 0 aliphatic rings. The molecule has 2 aromatic heterocycles. The summed E-state index contributed by atoms with van der Waals surface area (Å²) in [5, 5.41) is 13.8. The number of nitrogens with one attached hydrogen (secondary N) is 1. The van der Waals surface area contributed by atoms with Crippen LogP contribution in [0.5, 0.6) is 0 Å². The van der Waals surface area contributed by atoms with Crippen molar-refractivity contribution in [2.45, 2.75) is 37.8 Å². The second-order valence-corrected chi connectivity index (χ2v) is 9.45. The maximum Gasteiger partial charge on any atom is 0.230 e. The molecule has 2 heterocycles. The third-order valence-corrected chi connectivity index (χ3v) is 6.16. The molecule has 1 amide bonds. The minimum Gasteiger partial charge on any atom is -0.355 e. The van der Waals surface area contributed by atoms with Gasteiger partial charge in [0.15, 0.2) is 5.82 Å². The quantitative estimate of drug-likeness (QED) is 0.456. The fourth-order valence-electron chi connectivity index (χ4n) is 2.65. The molecule has 0 aliphatic carbocycles. The van der Waals surface area contributed by atoms with Gasteiger partial charge in [0.05, 0.1) is 5.75 Å². The standard InChI is InChI=1S/C20H25N5OS2/c1-20(2,3)15-8-6-14(7-9-15)18-23-24-19(25(18)21)28-13-17(26)22-11-10-16-5-4-12-27-16/h4-9,12H,10-11,13,21H2,1-3H3,(H,22,26). The van der Waals surface area contributed by atoms with Crippen LogP contribution in [0.1, 0.15) is 31.2 Å². The molecule has 3 aromatic rings. The molecular formula is C20H25N5OS2. The van der Waals surface area contributed by atoms with E-state index in [1.807, 2.05) is 23.6 Å². The molecular weight excluding hydrogens is 390 g/mol. The first-order chi connectivity index (χ1) is 13.3. The van der Waals surface area contributed by atoms with E-state index in [0.717, 1.165) is 12.0 Å². The van der Waals surface area contributed by atoms with Crippen molar-refractivity contribution in [1.29, 1.82) is 0 Å². The summed E-state index contributed by atoms with van der Waals surface area (Å²) >= 11 is 2.98. The molecule has 0 unspecified atom stereocenters. The zero-order valence-electron chi connectivity index (χ0n) is 16.3. The lowest BCUT2D eigenvalue weighted by Gasteiger charge is -2.19. The van der Waals surface area contributed by atoms with Crippen LogP contribution in [-0.4, -0.2) is 33.1 Å². The zero-order valence-corrected chi connectivity index (χ0v) is 17.9. The van der Waals surface area contributed by atoms with Gasteiger partial charge < -0.3 is 11.2 Å². The maximum absolute atomic E-state index is 12.0. The van der Waals surface area contributed by atoms with Gasteiger partial charge in [0.25, 0.3) is 0 Å². The van der Waals surface area contributed by atoms with E-state index in [9.17, 15) is 4.79 Å². The Balaban J connectivity index is 1.55. The fraction of sp³-hybridized carbons (Fsp3) is 0.350. The van der Waals surface area contributed by atoms with E-state index >= 15 is 0 Å². The number of hydrogen-bond acceptors (Lipinski definition) is 6. The van der Waals surface area contributed by atoms with E-state index in [0.29, 0.717) is 17.5 Å². The van der Waals surface area contributed by atoms with Crippen LogP contribution in [0.15, 0.2) is 46.9 Å². The summed E-state index contributed by atoms with van der Waals surface area (Å²) in [6.45, 7) is 7.15. The van der Waals surface area contributed by atoms with E-state index in [2.05, 4.69) is 54.5 Å². The van der Waals surface area contributed by atoms with Gasteiger partial charge in [-0.2, -0.15) is 0 Å². The number of amides is 1. The van der Waals surface area contributed by atoms with E-state index in [-0.39, 0.29) is 17.1 Å². The Kier molecular flexibility index (Phi) is 6.41. The third kappa shape index (κ3) is 5.14. The number of rotatable bonds is 7. The number of carbonyl (C=O) groups excluding carboxylic acids is 1. The minimum absolute atomic E-state index is 0.0411. The summed E-state index contributed by atoms with van der Waals surface area (Å²) < 4.78 is 1.44. The van der Waals surface area contributed by atoms with Crippen LogP contribution in [0, 0.1) is 0 Å². The van der Waals surface area contributed by atoms with Gasteiger partial charge in [-0.1, -0.05) is 62.9 Å². The van der Waals surface area contributed by atoms with E-state index in [1.54, 1.807) is 11.3 Å². The fourth-order valence-corrected chi connectivity index (χ4v) is 4.05. The van der Waals surface area contributed by atoms with E-state index < -0.39 is 0 Å². The molecule has 8 heteroatoms. The average molecular weight is 416 g/mol. The number of nitrogens with two attached hydrogens (primary N) is 1. The molecule has 3 rings (SSSR count). The molecule has 3 N–H and O–H groups in total. The normalized spacial score (nSPS) is 11.5. The Hall–Kier alpha value is -2.32. The third-order valence-electron chi connectivity index (χ3n) is 4.28. The highest BCUT2D eigenvalue weighted by atomic mass is 32.2. The van der Waals surface area contributed by atoms with E-state index in [1.165, 1.54) is 26.9 Å². The summed E-state index contributed by atoms with van der Waals surface area (Å²) in [6, 6.07) is 12.2. The first-order valence-electron chi connectivity index (χ1n) is 9.08. The van der Waals surface area contributed by atoms with Crippen LogP contribution in [0.4, 0.5) is 0 Å². The second kappa shape index (κ2) is 8.79. The molecule has 0 aliphatic heterocycles. The first-order valence-corrected chi connectivity index (χ1v) is 10.9. The SMILES string of the molecule is CC(C)(C)c1ccc(-c2nnc(SCC(=O)NCCc3cccs3)n2N)cc1. The van der Waals surface area contributed by atoms with Crippen molar-refractivity contribution in [2.24, 2.45) is 0 Å². The van der Waals surface area contributed by atoms with Gasteiger partial charge >= 0.3 is 0 Å². The van der Waals surface area contributed by atoms with Gasteiger partial charge in [0.1, 0.15) is 0 Å². The molecule has 0 atom stereocenters. The number of nitrogens with zero attached hydrogens (tertiary/aromatic N) is 3. The number of benzene rings is 1. The first kappa shape index (κ1) is 20.4. The molecule has 1 aromatic carbocycles. The molecule has 148 valence electrons. The number of aromatic nitrogens is 3. The molecule has 0 radical (unpaired) electrons. The molecule has 0 saturated heterocycles. The molecule has 0 fully saturated rings. The largest absolute Gasteiger partial charge is 0.355 e.